The second kappa shape index (κ2) is 10.3. The Hall–Kier alpha value is -3.70. The number of fused-ring (bicyclic) bond motifs is 1. The van der Waals surface area contributed by atoms with Crippen molar-refractivity contribution in [1.29, 1.82) is 5.26 Å². The van der Waals surface area contributed by atoms with Gasteiger partial charge in [0, 0.05) is 36.8 Å². The Balaban J connectivity index is 1.39. The molecule has 1 aliphatic heterocycles. The monoisotopic (exact) mass is 459 g/mol. The van der Waals surface area contributed by atoms with Gasteiger partial charge in [0.15, 0.2) is 0 Å². The van der Waals surface area contributed by atoms with Crippen molar-refractivity contribution in [2.24, 2.45) is 0 Å². The highest BCUT2D eigenvalue weighted by atomic mass is 32.1. The molecule has 0 saturated heterocycles. The number of anilines is 1. The lowest BCUT2D eigenvalue weighted by atomic mass is 9.97. The summed E-state index contributed by atoms with van der Waals surface area (Å²) < 4.78 is 0. The second-order valence-corrected chi connectivity index (χ2v) is 9.18. The molecule has 1 atom stereocenters. The minimum absolute atomic E-state index is 0.0744. The molecule has 1 aliphatic rings. The molecule has 3 aromatic rings. The second-order valence-electron chi connectivity index (χ2n) is 8.08. The van der Waals surface area contributed by atoms with Crippen LogP contribution in [0.2, 0.25) is 0 Å². The lowest BCUT2D eigenvalue weighted by Gasteiger charge is -2.27. The first-order valence-electron chi connectivity index (χ1n) is 10.9. The third-order valence-electron chi connectivity index (χ3n) is 5.74. The highest BCUT2D eigenvalue weighted by molar-refractivity contribution is 7.16. The maximum atomic E-state index is 12.7. The number of hydrogen-bond donors (Lipinski definition) is 2. The number of amides is 3. The zero-order valence-electron chi connectivity index (χ0n) is 18.4. The van der Waals surface area contributed by atoms with E-state index in [-0.39, 0.29) is 17.9 Å². The number of carbonyl (C=O) groups excluding carboxylic acids is 2. The van der Waals surface area contributed by atoms with E-state index < -0.39 is 0 Å². The number of nitrogens with zero attached hydrogens (tertiary/aromatic N) is 3. The number of aromatic nitrogens is 1. The number of urea groups is 1. The summed E-state index contributed by atoms with van der Waals surface area (Å²) in [5.41, 5.74) is 3.49. The molecule has 0 bridgehead atoms. The molecule has 0 radical (unpaired) electrons. The molecule has 0 fully saturated rings. The Bertz CT molecular complexity index is 1170. The fourth-order valence-corrected chi connectivity index (χ4v) is 5.16. The minimum Gasteiger partial charge on any atom is -0.334 e. The number of nitrogens with one attached hydrogen (secondary N) is 2. The summed E-state index contributed by atoms with van der Waals surface area (Å²) in [4.78, 5) is 32.1. The molecular formula is C25H25N5O2S. The average Bonchev–Trinajstić information content (AvgIpc) is 3.19. The topological polar surface area (TPSA) is 98.1 Å². The largest absolute Gasteiger partial charge is 0.334 e. The molecule has 1 unspecified atom stereocenters. The Morgan fingerprint density at radius 2 is 2.06 bits per heavy atom. The molecule has 3 heterocycles. The summed E-state index contributed by atoms with van der Waals surface area (Å²) in [6, 6.07) is 15.7. The van der Waals surface area contributed by atoms with Crippen LogP contribution in [0.4, 0.5) is 9.80 Å². The molecule has 33 heavy (non-hydrogen) atoms. The number of rotatable bonds is 6. The maximum Gasteiger partial charge on any atom is 0.318 e. The van der Waals surface area contributed by atoms with Crippen LogP contribution in [0.1, 0.15) is 46.4 Å². The van der Waals surface area contributed by atoms with Crippen LogP contribution < -0.4 is 10.6 Å². The van der Waals surface area contributed by atoms with Crippen LogP contribution in [0.15, 0.2) is 54.9 Å². The van der Waals surface area contributed by atoms with Crippen molar-refractivity contribution in [3.8, 4) is 6.07 Å². The van der Waals surface area contributed by atoms with Gasteiger partial charge in [0.2, 0.25) is 5.91 Å². The van der Waals surface area contributed by atoms with Crippen LogP contribution >= 0.6 is 11.3 Å². The molecule has 7 nitrogen and oxygen atoms in total. The molecule has 168 valence electrons. The number of nitriles is 1. The number of benzene rings is 1. The van der Waals surface area contributed by atoms with Gasteiger partial charge in [-0.05, 0) is 35.1 Å². The van der Waals surface area contributed by atoms with Gasteiger partial charge in [-0.25, -0.2) is 4.79 Å². The van der Waals surface area contributed by atoms with Crippen molar-refractivity contribution in [2.75, 3.05) is 11.9 Å². The summed E-state index contributed by atoms with van der Waals surface area (Å²) in [7, 11) is 0. The first-order valence-corrected chi connectivity index (χ1v) is 11.7. The molecule has 0 saturated carbocycles. The number of pyridine rings is 1. The third-order valence-corrected chi connectivity index (χ3v) is 6.87. The van der Waals surface area contributed by atoms with Gasteiger partial charge < -0.3 is 15.5 Å². The Morgan fingerprint density at radius 1 is 1.24 bits per heavy atom. The summed E-state index contributed by atoms with van der Waals surface area (Å²) in [5.74, 6) is -0.0437. The van der Waals surface area contributed by atoms with Gasteiger partial charge in [-0.2, -0.15) is 5.26 Å². The highest BCUT2D eigenvalue weighted by Gasteiger charge is 2.27. The van der Waals surface area contributed by atoms with Gasteiger partial charge >= 0.3 is 6.03 Å². The molecule has 8 heteroatoms. The molecule has 2 aromatic heterocycles. The number of hydrogen-bond acceptors (Lipinski definition) is 5. The first-order chi connectivity index (χ1) is 16.0. The van der Waals surface area contributed by atoms with Crippen molar-refractivity contribution in [3.63, 3.8) is 0 Å². The van der Waals surface area contributed by atoms with E-state index >= 15 is 0 Å². The predicted octanol–water partition coefficient (Wildman–Crippen LogP) is 4.41. The van der Waals surface area contributed by atoms with Crippen molar-refractivity contribution in [3.05, 3.63) is 82.0 Å². The first kappa shape index (κ1) is 22.5. The van der Waals surface area contributed by atoms with E-state index in [0.717, 1.165) is 21.6 Å². The SMILES string of the molecule is CC(CC(=O)Nc1sc2c(c1C#N)CCN(C(=O)NCc1cccnc1)C2)c1ccccc1. The van der Waals surface area contributed by atoms with Gasteiger partial charge in [0.25, 0.3) is 0 Å². The fraction of sp³-hybridized carbons (Fsp3) is 0.280. The van der Waals surface area contributed by atoms with Crippen LogP contribution in [0, 0.1) is 11.3 Å². The summed E-state index contributed by atoms with van der Waals surface area (Å²) in [5, 5.41) is 16.2. The molecular weight excluding hydrogens is 434 g/mol. The molecule has 4 rings (SSSR count). The van der Waals surface area contributed by atoms with Crippen LogP contribution in [-0.2, 0) is 24.3 Å². The minimum atomic E-state index is -0.154. The fourth-order valence-electron chi connectivity index (χ4n) is 3.93. The van der Waals surface area contributed by atoms with Crippen molar-refractivity contribution in [1.82, 2.24) is 15.2 Å². The van der Waals surface area contributed by atoms with E-state index in [2.05, 4.69) is 21.7 Å². The number of thiophene rings is 1. The van der Waals surface area contributed by atoms with Crippen molar-refractivity contribution in [2.45, 2.75) is 38.8 Å². The van der Waals surface area contributed by atoms with E-state index in [0.29, 0.717) is 43.0 Å². The lowest BCUT2D eigenvalue weighted by molar-refractivity contribution is -0.116. The normalized spacial score (nSPS) is 13.5. The smallest absolute Gasteiger partial charge is 0.318 e. The quantitative estimate of drug-likeness (QED) is 0.570. The van der Waals surface area contributed by atoms with Crippen molar-refractivity contribution < 1.29 is 9.59 Å². The average molecular weight is 460 g/mol. The van der Waals surface area contributed by atoms with E-state index in [4.69, 9.17) is 0 Å². The van der Waals surface area contributed by atoms with E-state index in [1.165, 1.54) is 11.3 Å². The standard InChI is InChI=1S/C25H25N5O2S/c1-17(19-7-3-2-4-8-19)12-23(31)29-24-21(13-26)20-9-11-30(16-22(20)33-24)25(32)28-15-18-6-5-10-27-14-18/h2-8,10,14,17H,9,11-12,15-16H2,1H3,(H,28,32)(H,29,31). The van der Waals surface area contributed by atoms with Gasteiger partial charge in [0.1, 0.15) is 11.1 Å². The molecule has 0 aliphatic carbocycles. The van der Waals surface area contributed by atoms with Crippen LogP contribution in [0.5, 0.6) is 0 Å². The molecule has 2 N–H and O–H groups in total. The van der Waals surface area contributed by atoms with E-state index in [1.807, 2.05) is 49.4 Å². The lowest BCUT2D eigenvalue weighted by Crippen LogP contribution is -2.42. The zero-order chi connectivity index (χ0) is 23.2. The van der Waals surface area contributed by atoms with Gasteiger partial charge in [0.05, 0.1) is 12.1 Å². The molecule has 0 spiro atoms. The van der Waals surface area contributed by atoms with Crippen LogP contribution in [0.25, 0.3) is 0 Å². The van der Waals surface area contributed by atoms with Gasteiger partial charge in [-0.1, -0.05) is 43.3 Å². The van der Waals surface area contributed by atoms with Gasteiger partial charge in [-0.3, -0.25) is 9.78 Å². The highest BCUT2D eigenvalue weighted by Crippen LogP contribution is 2.37. The maximum absolute atomic E-state index is 12.7. The molecule has 3 amide bonds. The van der Waals surface area contributed by atoms with E-state index in [1.54, 1.807) is 17.3 Å². The summed E-state index contributed by atoms with van der Waals surface area (Å²) in [6.45, 7) is 3.37. The number of carbonyl (C=O) groups is 2. The van der Waals surface area contributed by atoms with Crippen LogP contribution in [-0.4, -0.2) is 28.4 Å². The third kappa shape index (κ3) is 5.38. The van der Waals surface area contributed by atoms with Gasteiger partial charge in [-0.15, -0.1) is 11.3 Å². The summed E-state index contributed by atoms with van der Waals surface area (Å²) in [6.07, 6.45) is 4.34. The van der Waals surface area contributed by atoms with Crippen LogP contribution in [0.3, 0.4) is 0 Å². The zero-order valence-corrected chi connectivity index (χ0v) is 19.2. The van der Waals surface area contributed by atoms with Crippen molar-refractivity contribution >= 4 is 28.3 Å². The Morgan fingerprint density at radius 3 is 2.79 bits per heavy atom. The Labute approximate surface area is 197 Å². The van der Waals surface area contributed by atoms with E-state index in [9.17, 15) is 14.9 Å². The summed E-state index contributed by atoms with van der Waals surface area (Å²) >= 11 is 1.39. The molecule has 1 aromatic carbocycles. The predicted molar refractivity (Wildman–Crippen MR) is 128 cm³/mol. The Kier molecular flexibility index (Phi) is 7.01.